The molecule has 1 amide bonds. The summed E-state index contributed by atoms with van der Waals surface area (Å²) in [5.41, 5.74) is 10.7. The molecule has 15 heavy (non-hydrogen) atoms. The Labute approximate surface area is 91.8 Å². The predicted octanol–water partition coefficient (Wildman–Crippen LogP) is 0.357. The van der Waals surface area contributed by atoms with Gasteiger partial charge >= 0.3 is 0 Å². The van der Waals surface area contributed by atoms with Gasteiger partial charge in [-0.25, -0.2) is 0 Å². The Balaban J connectivity index is 2.32. The molecular formula is C11H23N3O. The third-order valence-corrected chi connectivity index (χ3v) is 3.40. The van der Waals surface area contributed by atoms with E-state index in [0.717, 1.165) is 5.92 Å². The van der Waals surface area contributed by atoms with Crippen molar-refractivity contribution >= 4 is 5.91 Å². The van der Waals surface area contributed by atoms with Crippen LogP contribution in [0.15, 0.2) is 0 Å². The fraction of sp³-hybridized carbons (Fsp3) is 0.909. The topological polar surface area (TPSA) is 81.1 Å². The number of nitrogens with two attached hydrogens (primary N) is 2. The first-order valence-electron chi connectivity index (χ1n) is 5.93. The van der Waals surface area contributed by atoms with E-state index in [1.54, 1.807) is 0 Å². The molecule has 0 aromatic carbocycles. The maximum absolute atomic E-state index is 10.8. The second-order valence-electron chi connectivity index (χ2n) is 4.48. The number of primary amides is 1. The number of hydrogen-bond acceptors (Lipinski definition) is 3. The van der Waals surface area contributed by atoms with Gasteiger partial charge in [-0.05, 0) is 18.8 Å². The zero-order valence-electron chi connectivity index (χ0n) is 9.54. The molecule has 5 N–H and O–H groups in total. The first kappa shape index (κ1) is 12.5. The van der Waals surface area contributed by atoms with Crippen molar-refractivity contribution in [1.82, 2.24) is 5.32 Å². The molecule has 0 radical (unpaired) electrons. The normalized spacial score (nSPS) is 28.7. The Morgan fingerprint density at radius 2 is 2.13 bits per heavy atom. The van der Waals surface area contributed by atoms with Gasteiger partial charge in [0.05, 0.1) is 6.04 Å². The minimum Gasteiger partial charge on any atom is -0.368 e. The molecule has 88 valence electrons. The van der Waals surface area contributed by atoms with E-state index in [4.69, 9.17) is 11.5 Å². The maximum atomic E-state index is 10.8. The summed E-state index contributed by atoms with van der Waals surface area (Å²) in [6.45, 7) is 2.73. The fourth-order valence-electron chi connectivity index (χ4n) is 2.34. The van der Waals surface area contributed by atoms with Gasteiger partial charge < -0.3 is 16.8 Å². The van der Waals surface area contributed by atoms with Crippen molar-refractivity contribution in [2.45, 2.75) is 51.1 Å². The molecule has 0 spiro atoms. The summed E-state index contributed by atoms with van der Waals surface area (Å²) < 4.78 is 0. The van der Waals surface area contributed by atoms with Crippen LogP contribution < -0.4 is 16.8 Å². The number of hydrogen-bond donors (Lipinski definition) is 3. The molecule has 1 aliphatic carbocycles. The molecule has 3 unspecified atom stereocenters. The van der Waals surface area contributed by atoms with E-state index in [-0.39, 0.29) is 0 Å². The van der Waals surface area contributed by atoms with Gasteiger partial charge in [0.1, 0.15) is 0 Å². The van der Waals surface area contributed by atoms with Gasteiger partial charge in [-0.3, -0.25) is 4.79 Å². The van der Waals surface area contributed by atoms with Crippen LogP contribution in [0.2, 0.25) is 0 Å². The predicted molar refractivity (Wildman–Crippen MR) is 61.2 cm³/mol. The van der Waals surface area contributed by atoms with Crippen molar-refractivity contribution in [3.8, 4) is 0 Å². The van der Waals surface area contributed by atoms with Crippen LogP contribution in [0.4, 0.5) is 0 Å². The van der Waals surface area contributed by atoms with Crippen molar-refractivity contribution in [3.63, 3.8) is 0 Å². The molecular weight excluding hydrogens is 190 g/mol. The molecule has 0 saturated heterocycles. The first-order valence-corrected chi connectivity index (χ1v) is 5.93. The average Bonchev–Trinajstić information content (AvgIpc) is 2.26. The SMILES string of the molecule is CCC1CCCCC1NCC(N)C(N)=O. The molecule has 0 aliphatic heterocycles. The molecule has 0 aromatic heterocycles. The van der Waals surface area contributed by atoms with Crippen LogP contribution in [-0.4, -0.2) is 24.5 Å². The van der Waals surface area contributed by atoms with E-state index < -0.39 is 11.9 Å². The molecule has 0 aromatic rings. The second-order valence-corrected chi connectivity index (χ2v) is 4.48. The Morgan fingerprint density at radius 1 is 1.47 bits per heavy atom. The number of rotatable bonds is 5. The summed E-state index contributed by atoms with van der Waals surface area (Å²) >= 11 is 0. The van der Waals surface area contributed by atoms with Crippen molar-refractivity contribution in [2.75, 3.05) is 6.54 Å². The van der Waals surface area contributed by atoms with Crippen molar-refractivity contribution in [3.05, 3.63) is 0 Å². The fourth-order valence-corrected chi connectivity index (χ4v) is 2.34. The average molecular weight is 213 g/mol. The van der Waals surface area contributed by atoms with E-state index in [9.17, 15) is 4.79 Å². The second kappa shape index (κ2) is 6.08. The van der Waals surface area contributed by atoms with Gasteiger partial charge in [-0.15, -0.1) is 0 Å². The molecule has 4 heteroatoms. The zero-order valence-corrected chi connectivity index (χ0v) is 9.54. The van der Waals surface area contributed by atoms with E-state index in [0.29, 0.717) is 12.6 Å². The summed E-state index contributed by atoms with van der Waals surface area (Å²) in [5.74, 6) is 0.310. The Morgan fingerprint density at radius 3 is 2.73 bits per heavy atom. The van der Waals surface area contributed by atoms with Gasteiger partial charge in [-0.2, -0.15) is 0 Å². The number of carbonyl (C=O) groups is 1. The van der Waals surface area contributed by atoms with Gasteiger partial charge in [0.25, 0.3) is 0 Å². The van der Waals surface area contributed by atoms with Crippen LogP contribution in [0.25, 0.3) is 0 Å². The van der Waals surface area contributed by atoms with Crippen LogP contribution >= 0.6 is 0 Å². The van der Waals surface area contributed by atoms with Crippen molar-refractivity contribution < 1.29 is 4.79 Å². The van der Waals surface area contributed by atoms with E-state index in [2.05, 4.69) is 12.2 Å². The summed E-state index contributed by atoms with van der Waals surface area (Å²) in [5, 5.41) is 3.38. The highest BCUT2D eigenvalue weighted by Crippen LogP contribution is 2.26. The summed E-state index contributed by atoms with van der Waals surface area (Å²) in [6.07, 6.45) is 6.30. The highest BCUT2D eigenvalue weighted by atomic mass is 16.1. The molecule has 0 bridgehead atoms. The van der Waals surface area contributed by atoms with Crippen LogP contribution in [0.5, 0.6) is 0 Å². The first-order chi connectivity index (χ1) is 7.15. The van der Waals surface area contributed by atoms with Gasteiger partial charge in [-0.1, -0.05) is 26.2 Å². The molecule has 4 nitrogen and oxygen atoms in total. The van der Waals surface area contributed by atoms with Crippen molar-refractivity contribution in [1.29, 1.82) is 0 Å². The Bertz CT molecular complexity index is 208. The third kappa shape index (κ3) is 3.80. The largest absolute Gasteiger partial charge is 0.368 e. The molecule has 1 aliphatic rings. The summed E-state index contributed by atoms with van der Waals surface area (Å²) in [7, 11) is 0. The smallest absolute Gasteiger partial charge is 0.235 e. The van der Waals surface area contributed by atoms with Gasteiger partial charge in [0.2, 0.25) is 5.91 Å². The molecule has 3 atom stereocenters. The van der Waals surface area contributed by atoms with Crippen LogP contribution in [-0.2, 0) is 4.79 Å². The molecule has 1 rings (SSSR count). The lowest BCUT2D eigenvalue weighted by Gasteiger charge is -2.32. The standard InChI is InChI=1S/C11H23N3O/c1-2-8-5-3-4-6-10(8)14-7-9(12)11(13)15/h8-10,14H,2-7,12H2,1H3,(H2,13,15). The van der Waals surface area contributed by atoms with Gasteiger partial charge in [0, 0.05) is 12.6 Å². The van der Waals surface area contributed by atoms with Gasteiger partial charge in [0.15, 0.2) is 0 Å². The number of nitrogens with one attached hydrogen (secondary N) is 1. The summed E-state index contributed by atoms with van der Waals surface area (Å²) in [4.78, 5) is 10.8. The number of carbonyl (C=O) groups excluding carboxylic acids is 1. The van der Waals surface area contributed by atoms with Crippen LogP contribution in [0.1, 0.15) is 39.0 Å². The maximum Gasteiger partial charge on any atom is 0.235 e. The highest BCUT2D eigenvalue weighted by molar-refractivity contribution is 5.79. The minimum absolute atomic E-state index is 0.425. The molecule has 1 saturated carbocycles. The Hall–Kier alpha value is -0.610. The lowest BCUT2D eigenvalue weighted by atomic mass is 9.83. The van der Waals surface area contributed by atoms with Crippen LogP contribution in [0, 0.1) is 5.92 Å². The zero-order chi connectivity index (χ0) is 11.3. The monoisotopic (exact) mass is 213 g/mol. The quantitative estimate of drug-likeness (QED) is 0.616. The third-order valence-electron chi connectivity index (χ3n) is 3.40. The minimum atomic E-state index is -0.551. The van der Waals surface area contributed by atoms with E-state index in [1.165, 1.54) is 32.1 Å². The Kier molecular flexibility index (Phi) is 5.05. The van der Waals surface area contributed by atoms with E-state index >= 15 is 0 Å². The lowest BCUT2D eigenvalue weighted by Crippen LogP contribution is -2.49. The number of amides is 1. The summed E-state index contributed by atoms with van der Waals surface area (Å²) in [6, 6.07) is -0.0291. The lowest BCUT2D eigenvalue weighted by molar-refractivity contribution is -0.119. The molecule has 0 heterocycles. The van der Waals surface area contributed by atoms with Crippen molar-refractivity contribution in [2.24, 2.45) is 17.4 Å². The highest BCUT2D eigenvalue weighted by Gasteiger charge is 2.23. The molecule has 1 fully saturated rings. The van der Waals surface area contributed by atoms with E-state index in [1.807, 2.05) is 0 Å². The van der Waals surface area contributed by atoms with Crippen LogP contribution in [0.3, 0.4) is 0 Å².